The molecule has 3 rings (SSSR count). The second-order valence-corrected chi connectivity index (χ2v) is 5.42. The SMILES string of the molecule is Cc1ccc(C(N)C2CC3CC3C2)cc1. The Morgan fingerprint density at radius 2 is 1.67 bits per heavy atom. The zero-order valence-electron chi connectivity index (χ0n) is 9.32. The molecule has 1 heteroatoms. The number of rotatable bonds is 2. The van der Waals surface area contributed by atoms with Crippen molar-refractivity contribution >= 4 is 0 Å². The minimum absolute atomic E-state index is 0.276. The Morgan fingerprint density at radius 3 is 2.27 bits per heavy atom. The van der Waals surface area contributed by atoms with E-state index in [1.54, 1.807) is 0 Å². The predicted molar refractivity (Wildman–Crippen MR) is 62.4 cm³/mol. The molecular formula is C14H19N. The average Bonchev–Trinajstić information content (AvgIpc) is 2.86. The van der Waals surface area contributed by atoms with Gasteiger partial charge in [-0.15, -0.1) is 0 Å². The molecule has 3 atom stereocenters. The van der Waals surface area contributed by atoms with E-state index in [2.05, 4.69) is 31.2 Å². The summed E-state index contributed by atoms with van der Waals surface area (Å²) in [6, 6.07) is 9.02. The maximum absolute atomic E-state index is 6.33. The summed E-state index contributed by atoms with van der Waals surface area (Å²) in [5.41, 5.74) is 8.98. The number of hydrogen-bond donors (Lipinski definition) is 1. The maximum atomic E-state index is 6.33. The molecule has 0 radical (unpaired) electrons. The number of fused-ring (bicyclic) bond motifs is 1. The van der Waals surface area contributed by atoms with E-state index < -0.39 is 0 Å². The van der Waals surface area contributed by atoms with Crippen molar-refractivity contribution in [2.45, 2.75) is 32.2 Å². The number of benzene rings is 1. The summed E-state index contributed by atoms with van der Waals surface area (Å²) < 4.78 is 0. The summed E-state index contributed by atoms with van der Waals surface area (Å²) in [6.45, 7) is 2.13. The molecule has 0 amide bonds. The molecule has 1 nitrogen and oxygen atoms in total. The average molecular weight is 201 g/mol. The van der Waals surface area contributed by atoms with E-state index in [0.717, 1.165) is 17.8 Å². The van der Waals surface area contributed by atoms with Crippen LogP contribution in [-0.2, 0) is 0 Å². The van der Waals surface area contributed by atoms with Gasteiger partial charge in [0.05, 0.1) is 0 Å². The van der Waals surface area contributed by atoms with Crippen LogP contribution in [0.5, 0.6) is 0 Å². The highest BCUT2D eigenvalue weighted by Gasteiger charge is 2.47. The Hall–Kier alpha value is -0.820. The summed E-state index contributed by atoms with van der Waals surface area (Å²) >= 11 is 0. The highest BCUT2D eigenvalue weighted by Crippen LogP contribution is 2.56. The molecule has 0 aliphatic heterocycles. The summed E-state index contributed by atoms with van der Waals surface area (Å²) in [4.78, 5) is 0. The first kappa shape index (κ1) is 9.41. The molecular weight excluding hydrogens is 182 g/mol. The van der Waals surface area contributed by atoms with Crippen LogP contribution in [0.4, 0.5) is 0 Å². The lowest BCUT2D eigenvalue weighted by atomic mass is 9.89. The quantitative estimate of drug-likeness (QED) is 0.782. The van der Waals surface area contributed by atoms with Gasteiger partial charge in [0, 0.05) is 6.04 Å². The van der Waals surface area contributed by atoms with E-state index >= 15 is 0 Å². The second kappa shape index (κ2) is 3.34. The highest BCUT2D eigenvalue weighted by atomic mass is 14.7. The molecule has 2 aliphatic rings. The van der Waals surface area contributed by atoms with Crippen molar-refractivity contribution in [1.82, 2.24) is 0 Å². The zero-order valence-corrected chi connectivity index (χ0v) is 9.32. The van der Waals surface area contributed by atoms with Gasteiger partial charge in [-0.2, -0.15) is 0 Å². The molecule has 2 saturated carbocycles. The van der Waals surface area contributed by atoms with Gasteiger partial charge in [-0.3, -0.25) is 0 Å². The van der Waals surface area contributed by atoms with Crippen LogP contribution in [0.3, 0.4) is 0 Å². The Bertz CT molecular complexity index is 344. The van der Waals surface area contributed by atoms with Crippen molar-refractivity contribution in [2.75, 3.05) is 0 Å². The minimum atomic E-state index is 0.276. The Kier molecular flexibility index (Phi) is 2.10. The molecule has 1 aromatic carbocycles. The van der Waals surface area contributed by atoms with Crippen molar-refractivity contribution < 1.29 is 0 Å². The molecule has 0 heterocycles. The van der Waals surface area contributed by atoms with Crippen LogP contribution in [0.2, 0.25) is 0 Å². The van der Waals surface area contributed by atoms with Crippen LogP contribution in [0.1, 0.15) is 36.4 Å². The Balaban J connectivity index is 1.73. The van der Waals surface area contributed by atoms with E-state index in [9.17, 15) is 0 Å². The van der Waals surface area contributed by atoms with Gasteiger partial charge in [-0.25, -0.2) is 0 Å². The van der Waals surface area contributed by atoms with Gasteiger partial charge in [-0.05, 0) is 49.5 Å². The van der Waals surface area contributed by atoms with Crippen LogP contribution in [0, 0.1) is 24.7 Å². The molecule has 1 aromatic rings. The van der Waals surface area contributed by atoms with Crippen molar-refractivity contribution in [3.8, 4) is 0 Å². The molecule has 0 saturated heterocycles. The highest BCUT2D eigenvalue weighted by molar-refractivity contribution is 5.25. The lowest BCUT2D eigenvalue weighted by molar-refractivity contribution is 0.404. The molecule has 80 valence electrons. The van der Waals surface area contributed by atoms with Crippen molar-refractivity contribution in [3.63, 3.8) is 0 Å². The first-order valence-corrected chi connectivity index (χ1v) is 6.06. The fourth-order valence-electron chi connectivity index (χ4n) is 3.12. The zero-order chi connectivity index (χ0) is 10.4. The van der Waals surface area contributed by atoms with Crippen molar-refractivity contribution in [2.24, 2.45) is 23.5 Å². The van der Waals surface area contributed by atoms with E-state index in [4.69, 9.17) is 5.73 Å². The van der Waals surface area contributed by atoms with Gasteiger partial charge in [0.2, 0.25) is 0 Å². The number of aryl methyl sites for hydroxylation is 1. The van der Waals surface area contributed by atoms with Gasteiger partial charge in [0.1, 0.15) is 0 Å². The van der Waals surface area contributed by atoms with E-state index in [0.29, 0.717) is 0 Å². The molecule has 0 spiro atoms. The molecule has 0 bridgehead atoms. The second-order valence-electron chi connectivity index (χ2n) is 5.42. The Morgan fingerprint density at radius 1 is 1.07 bits per heavy atom. The van der Waals surface area contributed by atoms with Gasteiger partial charge in [0.25, 0.3) is 0 Å². The minimum Gasteiger partial charge on any atom is -0.324 e. The van der Waals surface area contributed by atoms with E-state index in [-0.39, 0.29) is 6.04 Å². The van der Waals surface area contributed by atoms with Gasteiger partial charge >= 0.3 is 0 Å². The third-order valence-corrected chi connectivity index (χ3v) is 4.25. The standard InChI is InChI=1S/C14H19N/c1-9-2-4-10(5-3-9)14(15)13-7-11-6-12(11)8-13/h2-5,11-14H,6-8,15H2,1H3. The monoisotopic (exact) mass is 201 g/mol. The first-order valence-electron chi connectivity index (χ1n) is 6.06. The first-order chi connectivity index (χ1) is 7.24. The van der Waals surface area contributed by atoms with Crippen molar-refractivity contribution in [3.05, 3.63) is 35.4 Å². The molecule has 0 aromatic heterocycles. The van der Waals surface area contributed by atoms with Crippen molar-refractivity contribution in [1.29, 1.82) is 0 Å². The van der Waals surface area contributed by atoms with Gasteiger partial charge < -0.3 is 5.73 Å². The summed E-state index contributed by atoms with van der Waals surface area (Å²) in [6.07, 6.45) is 4.23. The third kappa shape index (κ3) is 1.69. The van der Waals surface area contributed by atoms with Crippen LogP contribution in [-0.4, -0.2) is 0 Å². The molecule has 2 N–H and O–H groups in total. The number of hydrogen-bond acceptors (Lipinski definition) is 1. The summed E-state index contributed by atoms with van der Waals surface area (Å²) in [5.74, 6) is 2.81. The van der Waals surface area contributed by atoms with Gasteiger partial charge in [0.15, 0.2) is 0 Å². The van der Waals surface area contributed by atoms with E-state index in [1.807, 2.05) is 0 Å². The topological polar surface area (TPSA) is 26.0 Å². The lowest BCUT2D eigenvalue weighted by Crippen LogP contribution is -2.20. The smallest absolute Gasteiger partial charge is 0.0323 e. The molecule has 15 heavy (non-hydrogen) atoms. The largest absolute Gasteiger partial charge is 0.324 e. The fourth-order valence-corrected chi connectivity index (χ4v) is 3.12. The van der Waals surface area contributed by atoms with Crippen LogP contribution >= 0.6 is 0 Å². The van der Waals surface area contributed by atoms with Crippen LogP contribution in [0.15, 0.2) is 24.3 Å². The fraction of sp³-hybridized carbons (Fsp3) is 0.571. The third-order valence-electron chi connectivity index (χ3n) is 4.25. The molecule has 3 unspecified atom stereocenters. The number of nitrogens with two attached hydrogens (primary N) is 1. The summed E-state index contributed by atoms with van der Waals surface area (Å²) in [5, 5.41) is 0. The van der Waals surface area contributed by atoms with E-state index in [1.165, 1.54) is 30.4 Å². The predicted octanol–water partition coefficient (Wildman–Crippen LogP) is 3.04. The molecule has 2 fully saturated rings. The molecule has 2 aliphatic carbocycles. The summed E-state index contributed by atoms with van der Waals surface area (Å²) in [7, 11) is 0. The van der Waals surface area contributed by atoms with Crippen LogP contribution in [0.25, 0.3) is 0 Å². The Labute approximate surface area is 91.7 Å². The van der Waals surface area contributed by atoms with Crippen LogP contribution < -0.4 is 5.73 Å². The normalized spacial score (nSPS) is 34.9. The lowest BCUT2D eigenvalue weighted by Gasteiger charge is -2.21. The maximum Gasteiger partial charge on any atom is 0.0323 e. The van der Waals surface area contributed by atoms with Gasteiger partial charge in [-0.1, -0.05) is 29.8 Å².